The number of benzene rings is 5. The molecule has 0 atom stereocenters. The molecule has 0 amide bonds. The van der Waals surface area contributed by atoms with E-state index in [1.807, 2.05) is 109 Å². The van der Waals surface area contributed by atoms with Crippen LogP contribution in [0.1, 0.15) is 0 Å². The van der Waals surface area contributed by atoms with E-state index in [9.17, 15) is 0 Å². The van der Waals surface area contributed by atoms with Gasteiger partial charge in [-0.15, -0.1) is 0 Å². The van der Waals surface area contributed by atoms with E-state index < -0.39 is 0 Å². The molecule has 0 unspecified atom stereocenters. The lowest BCUT2D eigenvalue weighted by atomic mass is 9.99. The second-order valence-electron chi connectivity index (χ2n) is 12.8. The maximum Gasteiger partial charge on any atom is 0.227 e. The maximum atomic E-state index is 6.17. The monoisotopic (exact) mass is 680 g/mol. The third-order valence-corrected chi connectivity index (χ3v) is 9.39. The molecule has 0 aliphatic rings. The van der Waals surface area contributed by atoms with Gasteiger partial charge in [-0.3, -0.25) is 4.98 Å². The van der Waals surface area contributed by atoms with Crippen LogP contribution in [-0.2, 0) is 0 Å². The van der Waals surface area contributed by atoms with Crippen molar-refractivity contribution in [2.24, 2.45) is 0 Å². The molecular weight excluding hydrogens is 653 g/mol. The molecule has 0 fully saturated rings. The lowest BCUT2D eigenvalue weighted by molar-refractivity contribution is 0.654. The molecular formula is C46H28N6O. The van der Waals surface area contributed by atoms with E-state index in [1.165, 1.54) is 0 Å². The van der Waals surface area contributed by atoms with Crippen LogP contribution in [0.25, 0.3) is 101 Å². The first-order chi connectivity index (χ1) is 26.2. The van der Waals surface area contributed by atoms with E-state index in [0.29, 0.717) is 23.2 Å². The molecule has 0 saturated carbocycles. The van der Waals surface area contributed by atoms with Gasteiger partial charge >= 0.3 is 0 Å². The van der Waals surface area contributed by atoms with Crippen molar-refractivity contribution < 1.29 is 4.42 Å². The van der Waals surface area contributed by atoms with E-state index in [4.69, 9.17) is 34.3 Å². The van der Waals surface area contributed by atoms with Gasteiger partial charge in [0, 0.05) is 56.5 Å². The van der Waals surface area contributed by atoms with Gasteiger partial charge in [0.2, 0.25) is 5.71 Å². The minimum atomic E-state index is 0.557. The maximum absolute atomic E-state index is 6.17. The number of nitrogens with zero attached hydrogens (tertiary/aromatic N) is 6. The highest BCUT2D eigenvalue weighted by Crippen LogP contribution is 2.35. The first-order valence-electron chi connectivity index (χ1n) is 17.3. The highest BCUT2D eigenvalue weighted by molar-refractivity contribution is 6.09. The second kappa shape index (κ2) is 12.7. The van der Waals surface area contributed by atoms with Gasteiger partial charge in [-0.2, -0.15) is 0 Å². The third kappa shape index (κ3) is 5.76. The van der Waals surface area contributed by atoms with Crippen LogP contribution < -0.4 is 0 Å². The van der Waals surface area contributed by atoms with Crippen molar-refractivity contribution >= 4 is 32.8 Å². The fourth-order valence-corrected chi connectivity index (χ4v) is 6.76. The molecule has 5 heterocycles. The zero-order chi connectivity index (χ0) is 35.1. The zero-order valence-electron chi connectivity index (χ0n) is 28.3. The predicted octanol–water partition coefficient (Wildman–Crippen LogP) is 11.1. The molecule has 0 N–H and O–H groups in total. The standard InChI is InChI=1S/C46H28N6O/c1-3-12-29(13-4-1)43-50-44(30-14-5-2-6-15-30)52-45(51-43)35-23-33(39-18-9-10-21-47-39)22-34(24-35)40-19-11-20-41(49-40)36-26-38-37-25-31-16-7-8-17-32(31)27-42(37)53-46(38)48-28-36/h1-28H. The molecule has 7 nitrogen and oxygen atoms in total. The smallest absolute Gasteiger partial charge is 0.227 e. The molecule has 0 aliphatic heterocycles. The number of hydrogen-bond donors (Lipinski definition) is 0. The Bertz CT molecular complexity index is 2890. The van der Waals surface area contributed by atoms with Crippen molar-refractivity contribution in [3.8, 4) is 67.9 Å². The summed E-state index contributed by atoms with van der Waals surface area (Å²) >= 11 is 0. The largest absolute Gasteiger partial charge is 0.438 e. The van der Waals surface area contributed by atoms with Gasteiger partial charge < -0.3 is 4.42 Å². The van der Waals surface area contributed by atoms with Crippen LogP contribution in [-0.4, -0.2) is 29.9 Å². The molecule has 10 rings (SSSR count). The molecule has 0 bridgehead atoms. The average Bonchev–Trinajstić information content (AvgIpc) is 3.60. The normalized spacial score (nSPS) is 11.4. The first kappa shape index (κ1) is 30.4. The van der Waals surface area contributed by atoms with Crippen LogP contribution in [0.2, 0.25) is 0 Å². The highest BCUT2D eigenvalue weighted by Gasteiger charge is 2.17. The van der Waals surface area contributed by atoms with Crippen molar-refractivity contribution in [1.29, 1.82) is 0 Å². The lowest BCUT2D eigenvalue weighted by Gasteiger charge is -2.12. The van der Waals surface area contributed by atoms with Crippen molar-refractivity contribution in [2.45, 2.75) is 0 Å². The Morgan fingerprint density at radius 1 is 0.358 bits per heavy atom. The minimum Gasteiger partial charge on any atom is -0.438 e. The molecule has 0 radical (unpaired) electrons. The highest BCUT2D eigenvalue weighted by atomic mass is 16.3. The van der Waals surface area contributed by atoms with Crippen molar-refractivity contribution in [3.05, 3.63) is 170 Å². The van der Waals surface area contributed by atoms with Crippen LogP contribution in [0.4, 0.5) is 0 Å². The topological polar surface area (TPSA) is 90.5 Å². The number of fused-ring (bicyclic) bond motifs is 4. The lowest BCUT2D eigenvalue weighted by Crippen LogP contribution is -2.00. The van der Waals surface area contributed by atoms with Crippen LogP contribution in [0.5, 0.6) is 0 Å². The summed E-state index contributed by atoms with van der Waals surface area (Å²) in [6, 6.07) is 52.9. The number of aromatic nitrogens is 6. The van der Waals surface area contributed by atoms with Gasteiger partial charge in [-0.25, -0.2) is 24.9 Å². The molecule has 0 spiro atoms. The summed E-state index contributed by atoms with van der Waals surface area (Å²) in [4.78, 5) is 29.5. The van der Waals surface area contributed by atoms with E-state index in [1.54, 1.807) is 6.20 Å². The number of rotatable bonds is 6. The van der Waals surface area contributed by atoms with Crippen molar-refractivity contribution in [2.75, 3.05) is 0 Å². The summed E-state index contributed by atoms with van der Waals surface area (Å²) in [5.41, 5.74) is 9.22. The summed E-state index contributed by atoms with van der Waals surface area (Å²) in [5, 5.41) is 4.26. The fourth-order valence-electron chi connectivity index (χ4n) is 6.76. The summed E-state index contributed by atoms with van der Waals surface area (Å²) < 4.78 is 6.17. The summed E-state index contributed by atoms with van der Waals surface area (Å²) in [6.07, 6.45) is 3.63. The van der Waals surface area contributed by atoms with E-state index in [-0.39, 0.29) is 0 Å². The summed E-state index contributed by atoms with van der Waals surface area (Å²) in [6.45, 7) is 0. The van der Waals surface area contributed by atoms with E-state index in [0.717, 1.165) is 77.6 Å². The van der Waals surface area contributed by atoms with Gasteiger partial charge in [0.15, 0.2) is 17.5 Å². The molecule has 53 heavy (non-hydrogen) atoms. The Balaban J connectivity index is 1.12. The van der Waals surface area contributed by atoms with Crippen LogP contribution in [0.15, 0.2) is 175 Å². The molecule has 248 valence electrons. The van der Waals surface area contributed by atoms with Gasteiger partial charge in [0.25, 0.3) is 0 Å². The third-order valence-electron chi connectivity index (χ3n) is 9.39. The van der Waals surface area contributed by atoms with Gasteiger partial charge in [-0.05, 0) is 71.4 Å². The number of furan rings is 1. The zero-order valence-corrected chi connectivity index (χ0v) is 28.3. The van der Waals surface area contributed by atoms with Crippen molar-refractivity contribution in [1.82, 2.24) is 29.9 Å². The molecule has 5 aromatic heterocycles. The van der Waals surface area contributed by atoms with Gasteiger partial charge in [0.1, 0.15) is 5.58 Å². The van der Waals surface area contributed by atoms with Gasteiger partial charge in [-0.1, -0.05) is 97.1 Å². The fraction of sp³-hybridized carbons (Fsp3) is 0. The summed E-state index contributed by atoms with van der Waals surface area (Å²) in [7, 11) is 0. The molecule has 7 heteroatoms. The minimum absolute atomic E-state index is 0.557. The Morgan fingerprint density at radius 3 is 1.60 bits per heavy atom. The Hall–Kier alpha value is -7.38. The molecule has 5 aromatic carbocycles. The van der Waals surface area contributed by atoms with E-state index >= 15 is 0 Å². The number of hydrogen-bond acceptors (Lipinski definition) is 7. The number of pyridine rings is 3. The molecule has 0 saturated heterocycles. The van der Waals surface area contributed by atoms with Crippen LogP contribution in [0.3, 0.4) is 0 Å². The van der Waals surface area contributed by atoms with Crippen LogP contribution in [0, 0.1) is 0 Å². The predicted molar refractivity (Wildman–Crippen MR) is 211 cm³/mol. The Kier molecular flexibility index (Phi) is 7.32. The SMILES string of the molecule is c1ccc(-c2nc(-c3ccccc3)nc(-c3cc(-c4ccccn4)cc(-c4cccc(-c5cnc6oc7cc8ccccc8cc7c6c5)n4)c3)n2)cc1. The molecule has 0 aliphatic carbocycles. The van der Waals surface area contributed by atoms with E-state index in [2.05, 4.69) is 54.6 Å². The average molecular weight is 681 g/mol. The first-order valence-corrected chi connectivity index (χ1v) is 17.3. The van der Waals surface area contributed by atoms with Crippen LogP contribution >= 0.6 is 0 Å². The molecule has 10 aromatic rings. The Morgan fingerprint density at radius 2 is 0.925 bits per heavy atom. The summed E-state index contributed by atoms with van der Waals surface area (Å²) in [5.74, 6) is 1.76. The van der Waals surface area contributed by atoms with Gasteiger partial charge in [0.05, 0.1) is 17.1 Å². The Labute approximate surface area is 304 Å². The van der Waals surface area contributed by atoms with Crippen molar-refractivity contribution in [3.63, 3.8) is 0 Å². The second-order valence-corrected chi connectivity index (χ2v) is 12.8. The quantitative estimate of drug-likeness (QED) is 0.173.